The van der Waals surface area contributed by atoms with E-state index in [0.717, 1.165) is 18.7 Å². The first kappa shape index (κ1) is 15.7. The second kappa shape index (κ2) is 6.72. The molecule has 0 heterocycles. The van der Waals surface area contributed by atoms with Crippen LogP contribution in [-0.2, 0) is 6.18 Å². The Balaban J connectivity index is 2.47. The Morgan fingerprint density at radius 3 is 2.26 bits per heavy atom. The van der Waals surface area contributed by atoms with Crippen molar-refractivity contribution in [2.24, 2.45) is 0 Å². The molecular formula is C12H16F3N3S. The standard InChI is InChI=1S/C12H16F3N3S/c1-18(2)8-7-16-11(19)17-10-5-3-9(4-6-10)12(13,14)15/h3-6H,7-8H2,1-2H3,(H2,16,17,19). The fourth-order valence-corrected chi connectivity index (χ4v) is 1.53. The van der Waals surface area contributed by atoms with Crippen molar-refractivity contribution in [3.05, 3.63) is 29.8 Å². The van der Waals surface area contributed by atoms with Crippen LogP contribution in [0.15, 0.2) is 24.3 Å². The Bertz CT molecular complexity index is 415. The highest BCUT2D eigenvalue weighted by Gasteiger charge is 2.29. The van der Waals surface area contributed by atoms with Crippen molar-refractivity contribution in [2.45, 2.75) is 6.18 Å². The molecule has 0 aliphatic heterocycles. The molecule has 106 valence electrons. The van der Waals surface area contributed by atoms with E-state index in [1.54, 1.807) is 0 Å². The van der Waals surface area contributed by atoms with Gasteiger partial charge in [-0.15, -0.1) is 0 Å². The average Bonchev–Trinajstić information content (AvgIpc) is 2.27. The first-order valence-corrected chi connectivity index (χ1v) is 6.06. The van der Waals surface area contributed by atoms with Crippen molar-refractivity contribution >= 4 is 23.0 Å². The third-order valence-electron chi connectivity index (χ3n) is 2.31. The van der Waals surface area contributed by atoms with E-state index in [4.69, 9.17) is 12.2 Å². The monoisotopic (exact) mass is 291 g/mol. The smallest absolute Gasteiger partial charge is 0.361 e. The number of benzene rings is 1. The summed E-state index contributed by atoms with van der Waals surface area (Å²) in [6, 6.07) is 4.74. The van der Waals surface area contributed by atoms with Crippen LogP contribution < -0.4 is 10.6 Å². The summed E-state index contributed by atoms with van der Waals surface area (Å²) in [5, 5.41) is 6.18. The fraction of sp³-hybridized carbons (Fsp3) is 0.417. The first-order chi connectivity index (χ1) is 8.79. The van der Waals surface area contributed by atoms with Gasteiger partial charge in [-0.1, -0.05) is 0 Å². The number of nitrogens with one attached hydrogen (secondary N) is 2. The molecule has 1 rings (SSSR count). The van der Waals surface area contributed by atoms with Gasteiger partial charge in [0.05, 0.1) is 5.56 Å². The molecule has 0 spiro atoms. The minimum absolute atomic E-state index is 0.390. The quantitative estimate of drug-likeness (QED) is 0.834. The molecule has 0 fully saturated rings. The highest BCUT2D eigenvalue weighted by Crippen LogP contribution is 2.29. The van der Waals surface area contributed by atoms with Gasteiger partial charge in [-0.05, 0) is 50.6 Å². The van der Waals surface area contributed by atoms with Crippen molar-refractivity contribution in [1.82, 2.24) is 10.2 Å². The number of anilines is 1. The lowest BCUT2D eigenvalue weighted by molar-refractivity contribution is -0.137. The Hall–Kier alpha value is -1.34. The number of likely N-dealkylation sites (N-methyl/N-ethyl adjacent to an activating group) is 1. The number of halogens is 3. The lowest BCUT2D eigenvalue weighted by atomic mass is 10.2. The zero-order valence-electron chi connectivity index (χ0n) is 10.7. The SMILES string of the molecule is CN(C)CCNC(=S)Nc1ccc(C(F)(F)F)cc1. The van der Waals surface area contributed by atoms with Gasteiger partial charge in [0.25, 0.3) is 0 Å². The van der Waals surface area contributed by atoms with E-state index in [1.807, 2.05) is 19.0 Å². The molecule has 1 aromatic rings. The summed E-state index contributed by atoms with van der Waals surface area (Å²) in [6.45, 7) is 1.48. The van der Waals surface area contributed by atoms with E-state index >= 15 is 0 Å². The van der Waals surface area contributed by atoms with Gasteiger partial charge in [-0.3, -0.25) is 0 Å². The maximum atomic E-state index is 12.4. The second-order valence-corrected chi connectivity index (χ2v) is 4.67. The van der Waals surface area contributed by atoms with E-state index < -0.39 is 11.7 Å². The maximum absolute atomic E-state index is 12.4. The van der Waals surface area contributed by atoms with Gasteiger partial charge >= 0.3 is 6.18 Å². The molecule has 0 amide bonds. The number of nitrogens with zero attached hydrogens (tertiary/aromatic N) is 1. The van der Waals surface area contributed by atoms with Crippen LogP contribution in [0.2, 0.25) is 0 Å². The van der Waals surface area contributed by atoms with Crippen molar-refractivity contribution in [3.8, 4) is 0 Å². The van der Waals surface area contributed by atoms with E-state index in [-0.39, 0.29) is 0 Å². The number of hydrogen-bond donors (Lipinski definition) is 2. The number of rotatable bonds is 4. The molecule has 0 radical (unpaired) electrons. The largest absolute Gasteiger partial charge is 0.416 e. The van der Waals surface area contributed by atoms with Crippen LogP contribution in [0.5, 0.6) is 0 Å². The lowest BCUT2D eigenvalue weighted by Gasteiger charge is -2.14. The van der Waals surface area contributed by atoms with Crippen LogP contribution in [-0.4, -0.2) is 37.2 Å². The molecule has 0 atom stereocenters. The Morgan fingerprint density at radius 2 is 1.79 bits per heavy atom. The molecule has 0 aliphatic carbocycles. The Labute approximate surface area is 115 Å². The van der Waals surface area contributed by atoms with Gasteiger partial charge in [-0.2, -0.15) is 13.2 Å². The van der Waals surface area contributed by atoms with Gasteiger partial charge in [0.1, 0.15) is 0 Å². The third kappa shape index (κ3) is 5.89. The summed E-state index contributed by atoms with van der Waals surface area (Å²) < 4.78 is 37.1. The minimum Gasteiger partial charge on any atom is -0.361 e. The molecular weight excluding hydrogens is 275 g/mol. The zero-order valence-corrected chi connectivity index (χ0v) is 11.5. The first-order valence-electron chi connectivity index (χ1n) is 5.66. The highest BCUT2D eigenvalue weighted by molar-refractivity contribution is 7.80. The molecule has 0 unspecified atom stereocenters. The molecule has 2 N–H and O–H groups in total. The predicted molar refractivity (Wildman–Crippen MR) is 74.2 cm³/mol. The van der Waals surface area contributed by atoms with E-state index in [0.29, 0.717) is 17.3 Å². The highest BCUT2D eigenvalue weighted by atomic mass is 32.1. The fourth-order valence-electron chi connectivity index (χ4n) is 1.31. The number of alkyl halides is 3. The molecule has 1 aromatic carbocycles. The Kier molecular flexibility index (Phi) is 5.56. The van der Waals surface area contributed by atoms with Gasteiger partial charge in [0, 0.05) is 18.8 Å². The zero-order chi connectivity index (χ0) is 14.5. The molecule has 0 saturated heterocycles. The topological polar surface area (TPSA) is 27.3 Å². The minimum atomic E-state index is -4.32. The third-order valence-corrected chi connectivity index (χ3v) is 2.56. The lowest BCUT2D eigenvalue weighted by Crippen LogP contribution is -2.34. The normalized spacial score (nSPS) is 11.5. The van der Waals surface area contributed by atoms with Gasteiger partial charge in [-0.25, -0.2) is 0 Å². The van der Waals surface area contributed by atoms with Gasteiger partial charge in [0.15, 0.2) is 5.11 Å². The molecule has 0 saturated carbocycles. The van der Waals surface area contributed by atoms with Crippen molar-refractivity contribution in [1.29, 1.82) is 0 Å². The van der Waals surface area contributed by atoms with Crippen LogP contribution in [0.25, 0.3) is 0 Å². The van der Waals surface area contributed by atoms with Crippen LogP contribution in [0.1, 0.15) is 5.56 Å². The summed E-state index contributed by atoms with van der Waals surface area (Å²) in [7, 11) is 3.88. The van der Waals surface area contributed by atoms with Crippen molar-refractivity contribution in [2.75, 3.05) is 32.5 Å². The molecule has 0 aliphatic rings. The van der Waals surface area contributed by atoms with Crippen LogP contribution in [0, 0.1) is 0 Å². The summed E-state index contributed by atoms with van der Waals surface area (Å²) >= 11 is 5.03. The summed E-state index contributed by atoms with van der Waals surface area (Å²) in [5.74, 6) is 0. The van der Waals surface area contributed by atoms with Crippen molar-refractivity contribution in [3.63, 3.8) is 0 Å². The molecule has 0 aromatic heterocycles. The average molecular weight is 291 g/mol. The van der Waals surface area contributed by atoms with Crippen LogP contribution in [0.3, 0.4) is 0 Å². The summed E-state index contributed by atoms with van der Waals surface area (Å²) in [6.07, 6.45) is -4.32. The summed E-state index contributed by atoms with van der Waals surface area (Å²) in [5.41, 5.74) is -0.153. The van der Waals surface area contributed by atoms with Crippen LogP contribution >= 0.6 is 12.2 Å². The Morgan fingerprint density at radius 1 is 1.21 bits per heavy atom. The van der Waals surface area contributed by atoms with Crippen molar-refractivity contribution < 1.29 is 13.2 Å². The second-order valence-electron chi connectivity index (χ2n) is 4.26. The maximum Gasteiger partial charge on any atom is 0.416 e. The van der Waals surface area contributed by atoms with Gasteiger partial charge < -0.3 is 15.5 Å². The van der Waals surface area contributed by atoms with E-state index in [9.17, 15) is 13.2 Å². The van der Waals surface area contributed by atoms with E-state index in [1.165, 1.54) is 12.1 Å². The molecule has 0 bridgehead atoms. The van der Waals surface area contributed by atoms with Crippen LogP contribution in [0.4, 0.5) is 18.9 Å². The molecule has 3 nitrogen and oxygen atoms in total. The summed E-state index contributed by atoms with van der Waals surface area (Å²) in [4.78, 5) is 1.99. The molecule has 7 heteroatoms. The predicted octanol–water partition coefficient (Wildman–Crippen LogP) is 2.55. The van der Waals surface area contributed by atoms with Gasteiger partial charge in [0.2, 0.25) is 0 Å². The number of hydrogen-bond acceptors (Lipinski definition) is 2. The molecule has 19 heavy (non-hydrogen) atoms. The van der Waals surface area contributed by atoms with E-state index in [2.05, 4.69) is 10.6 Å². The number of thiocarbonyl (C=S) groups is 1.